The number of hydrogen-bond acceptors (Lipinski definition) is 5. The molecule has 3 aromatic rings. The minimum absolute atomic E-state index is 0.00952. The Morgan fingerprint density at radius 3 is 2.82 bits per heavy atom. The molecule has 0 amide bonds. The first-order valence-electron chi connectivity index (χ1n) is 11.3. The van der Waals surface area contributed by atoms with E-state index in [9.17, 15) is 13.6 Å². The van der Waals surface area contributed by atoms with Gasteiger partial charge in [-0.15, -0.1) is 0 Å². The number of rotatable bonds is 7. The lowest BCUT2D eigenvalue weighted by molar-refractivity contribution is 0.110. The second-order valence-corrected chi connectivity index (χ2v) is 8.71. The van der Waals surface area contributed by atoms with Gasteiger partial charge in [0.05, 0.1) is 31.9 Å². The molecular weight excluding hydrogens is 428 g/mol. The number of pyridine rings is 2. The van der Waals surface area contributed by atoms with Crippen LogP contribution in [0.1, 0.15) is 42.5 Å². The number of fused-ring (bicyclic) bond motifs is 5. The Kier molecular flexibility index (Phi) is 5.88. The first-order chi connectivity index (χ1) is 16.0. The molecule has 0 N–H and O–H groups in total. The summed E-state index contributed by atoms with van der Waals surface area (Å²) in [5.74, 6) is 0.484. The summed E-state index contributed by atoms with van der Waals surface area (Å²) in [6.45, 7) is 3.09. The summed E-state index contributed by atoms with van der Waals surface area (Å²) in [7, 11) is 1.61. The Morgan fingerprint density at radius 2 is 2.09 bits per heavy atom. The summed E-state index contributed by atoms with van der Waals surface area (Å²) in [5, 5.41) is 0.672. The maximum Gasteiger partial charge on any atom is 0.255 e. The molecule has 8 heteroatoms. The zero-order chi connectivity index (χ0) is 23.1. The fourth-order valence-corrected chi connectivity index (χ4v) is 4.55. The van der Waals surface area contributed by atoms with E-state index in [-0.39, 0.29) is 12.0 Å². The van der Waals surface area contributed by atoms with Gasteiger partial charge >= 0.3 is 0 Å². The van der Waals surface area contributed by atoms with Crippen LogP contribution in [0.2, 0.25) is 0 Å². The van der Waals surface area contributed by atoms with E-state index >= 15 is 0 Å². The molecule has 1 aromatic carbocycles. The van der Waals surface area contributed by atoms with Gasteiger partial charge in [0.25, 0.3) is 6.43 Å². The van der Waals surface area contributed by atoms with Gasteiger partial charge < -0.3 is 18.9 Å². The van der Waals surface area contributed by atoms with E-state index in [1.54, 1.807) is 13.2 Å². The SMILES string of the molecule is CCOCc1cn(C2CC2)c2c3c(ccc2c1=O)-c1cnc(N(C)CC(F)F)cc1COC3. The number of alkyl halides is 2. The molecule has 1 aliphatic heterocycles. The number of nitrogens with zero attached hydrogens (tertiary/aromatic N) is 3. The molecule has 3 heterocycles. The molecule has 1 aliphatic carbocycles. The first kappa shape index (κ1) is 22.0. The monoisotopic (exact) mass is 455 g/mol. The summed E-state index contributed by atoms with van der Waals surface area (Å²) in [6, 6.07) is 6.03. The quantitative estimate of drug-likeness (QED) is 0.518. The van der Waals surface area contributed by atoms with Gasteiger partial charge in [0.2, 0.25) is 0 Å². The topological polar surface area (TPSA) is 56.6 Å². The van der Waals surface area contributed by atoms with E-state index in [1.165, 1.54) is 4.90 Å². The molecule has 174 valence electrons. The number of aromatic nitrogens is 2. The van der Waals surface area contributed by atoms with Gasteiger partial charge in [-0.1, -0.05) is 6.07 Å². The van der Waals surface area contributed by atoms with E-state index in [2.05, 4.69) is 9.55 Å². The molecule has 5 rings (SSSR count). The Hall–Kier alpha value is -2.84. The maximum absolute atomic E-state index is 13.2. The molecule has 0 spiro atoms. The third-order valence-corrected chi connectivity index (χ3v) is 6.35. The van der Waals surface area contributed by atoms with Crippen molar-refractivity contribution in [2.24, 2.45) is 0 Å². The highest BCUT2D eigenvalue weighted by Crippen LogP contribution is 2.41. The van der Waals surface area contributed by atoms with Gasteiger partial charge in [-0.3, -0.25) is 4.79 Å². The highest BCUT2D eigenvalue weighted by Gasteiger charge is 2.28. The molecule has 2 aromatic heterocycles. The van der Waals surface area contributed by atoms with Crippen LogP contribution in [0.3, 0.4) is 0 Å². The maximum atomic E-state index is 13.2. The summed E-state index contributed by atoms with van der Waals surface area (Å²) in [4.78, 5) is 19.1. The normalized spacial score (nSPS) is 15.4. The van der Waals surface area contributed by atoms with Crippen molar-refractivity contribution < 1.29 is 18.3 Å². The third-order valence-electron chi connectivity index (χ3n) is 6.35. The zero-order valence-corrected chi connectivity index (χ0v) is 18.8. The molecule has 0 radical (unpaired) electrons. The lowest BCUT2D eigenvalue weighted by Gasteiger charge is -2.20. The molecule has 0 unspecified atom stereocenters. The van der Waals surface area contributed by atoms with Crippen LogP contribution in [0.4, 0.5) is 14.6 Å². The number of ether oxygens (including phenoxy) is 2. The molecule has 0 saturated heterocycles. The van der Waals surface area contributed by atoms with Crippen LogP contribution in [0, 0.1) is 0 Å². The number of hydrogen-bond donors (Lipinski definition) is 0. The van der Waals surface area contributed by atoms with Crippen LogP contribution in [-0.2, 0) is 29.3 Å². The zero-order valence-electron chi connectivity index (χ0n) is 18.8. The van der Waals surface area contributed by atoms with Crippen LogP contribution >= 0.6 is 0 Å². The highest BCUT2D eigenvalue weighted by molar-refractivity contribution is 5.90. The van der Waals surface area contributed by atoms with Crippen molar-refractivity contribution >= 4 is 16.7 Å². The standard InChI is InChI=1S/C25H27F2N3O3/c1-3-32-13-16-10-30(17-4-5-17)24-19(25(16)31)7-6-18-20-9-28-23(29(2)11-22(26)27)8-15(20)12-33-14-21(18)24/h6-10,17,22H,3-5,11-14H2,1-2H3. The van der Waals surface area contributed by atoms with Gasteiger partial charge in [0, 0.05) is 54.2 Å². The van der Waals surface area contributed by atoms with Crippen LogP contribution in [0.15, 0.2) is 35.4 Å². The van der Waals surface area contributed by atoms with E-state index in [0.29, 0.717) is 49.2 Å². The molecule has 2 aliphatic rings. The molecule has 0 atom stereocenters. The van der Waals surface area contributed by atoms with Crippen molar-refractivity contribution in [2.45, 2.75) is 52.1 Å². The third kappa shape index (κ3) is 4.13. The summed E-state index contributed by atoms with van der Waals surface area (Å²) < 4.78 is 39.4. The lowest BCUT2D eigenvalue weighted by atomic mass is 9.95. The van der Waals surface area contributed by atoms with Crippen molar-refractivity contribution in [1.29, 1.82) is 0 Å². The van der Waals surface area contributed by atoms with Crippen molar-refractivity contribution in [3.8, 4) is 11.1 Å². The van der Waals surface area contributed by atoms with E-state index in [1.807, 2.05) is 31.3 Å². The van der Waals surface area contributed by atoms with Crippen LogP contribution in [0.5, 0.6) is 0 Å². The van der Waals surface area contributed by atoms with Gasteiger partial charge in [-0.05, 0) is 43.0 Å². The highest BCUT2D eigenvalue weighted by atomic mass is 19.3. The predicted octanol–water partition coefficient (Wildman–Crippen LogP) is 4.67. The van der Waals surface area contributed by atoms with Crippen LogP contribution < -0.4 is 10.3 Å². The van der Waals surface area contributed by atoms with E-state index in [0.717, 1.165) is 40.6 Å². The molecular formula is C25H27F2N3O3. The average Bonchev–Trinajstić information content (AvgIpc) is 3.64. The fraction of sp³-hybridized carbons (Fsp3) is 0.440. The second kappa shape index (κ2) is 8.83. The Bertz CT molecular complexity index is 1250. The Labute approximate surface area is 190 Å². The minimum atomic E-state index is -2.44. The van der Waals surface area contributed by atoms with Gasteiger partial charge in [-0.2, -0.15) is 0 Å². The van der Waals surface area contributed by atoms with E-state index in [4.69, 9.17) is 9.47 Å². The van der Waals surface area contributed by atoms with E-state index < -0.39 is 6.43 Å². The van der Waals surface area contributed by atoms with Crippen molar-refractivity contribution in [3.05, 3.63) is 57.5 Å². The average molecular weight is 456 g/mol. The minimum Gasteiger partial charge on any atom is -0.377 e. The van der Waals surface area contributed by atoms with Gasteiger partial charge in [0.1, 0.15) is 5.82 Å². The number of halogens is 2. The van der Waals surface area contributed by atoms with Crippen molar-refractivity contribution in [1.82, 2.24) is 9.55 Å². The number of anilines is 1. The largest absolute Gasteiger partial charge is 0.377 e. The summed E-state index contributed by atoms with van der Waals surface area (Å²) >= 11 is 0. The summed E-state index contributed by atoms with van der Waals surface area (Å²) in [5.41, 5.74) is 5.31. The van der Waals surface area contributed by atoms with Crippen LogP contribution in [0.25, 0.3) is 22.0 Å². The molecule has 6 nitrogen and oxygen atoms in total. The molecule has 0 bridgehead atoms. The van der Waals surface area contributed by atoms with Gasteiger partial charge in [-0.25, -0.2) is 13.8 Å². The smallest absolute Gasteiger partial charge is 0.255 e. The lowest BCUT2D eigenvalue weighted by Crippen LogP contribution is -2.25. The summed E-state index contributed by atoms with van der Waals surface area (Å²) in [6.07, 6.45) is 3.40. The van der Waals surface area contributed by atoms with Crippen molar-refractivity contribution in [3.63, 3.8) is 0 Å². The Balaban J connectivity index is 1.66. The molecule has 1 saturated carbocycles. The fourth-order valence-electron chi connectivity index (χ4n) is 4.55. The predicted molar refractivity (Wildman–Crippen MR) is 123 cm³/mol. The Morgan fingerprint density at radius 1 is 1.27 bits per heavy atom. The molecule has 33 heavy (non-hydrogen) atoms. The number of benzene rings is 1. The first-order valence-corrected chi connectivity index (χ1v) is 11.3. The second-order valence-electron chi connectivity index (χ2n) is 8.71. The van der Waals surface area contributed by atoms with Gasteiger partial charge in [0.15, 0.2) is 5.43 Å². The molecule has 1 fully saturated rings. The van der Waals surface area contributed by atoms with Crippen LogP contribution in [-0.4, -0.2) is 36.2 Å². The van der Waals surface area contributed by atoms with Crippen molar-refractivity contribution in [2.75, 3.05) is 25.1 Å².